The van der Waals surface area contributed by atoms with Crippen molar-refractivity contribution in [3.05, 3.63) is 54.4 Å². The van der Waals surface area contributed by atoms with Crippen LogP contribution in [0.5, 0.6) is 11.5 Å². The number of nitrogens with two attached hydrogens (primary N) is 1. The first-order chi connectivity index (χ1) is 7.75. The lowest BCUT2D eigenvalue weighted by Gasteiger charge is -2.08. The number of nitrogens with zero attached hydrogens (tertiary/aromatic N) is 1. The summed E-state index contributed by atoms with van der Waals surface area (Å²) in [5.74, 6) is 1.52. The Labute approximate surface area is 94.9 Å². The fourth-order valence-electron chi connectivity index (χ4n) is 1.38. The van der Waals surface area contributed by atoms with Crippen LogP contribution in [-0.4, -0.2) is 4.98 Å². The summed E-state index contributed by atoms with van der Waals surface area (Å²) in [4.78, 5) is 3.98. The zero-order valence-electron chi connectivity index (χ0n) is 9.13. The summed E-state index contributed by atoms with van der Waals surface area (Å²) in [7, 11) is 0. The summed E-state index contributed by atoms with van der Waals surface area (Å²) in [6, 6.07) is 11.5. The van der Waals surface area contributed by atoms with E-state index in [0.29, 0.717) is 0 Å². The van der Waals surface area contributed by atoms with Crippen LogP contribution < -0.4 is 10.5 Å². The van der Waals surface area contributed by atoms with E-state index in [0.717, 1.165) is 17.1 Å². The maximum absolute atomic E-state index is 5.77. The number of hydrogen-bond donors (Lipinski definition) is 1. The van der Waals surface area contributed by atoms with Crippen molar-refractivity contribution in [3.8, 4) is 11.5 Å². The van der Waals surface area contributed by atoms with E-state index in [1.54, 1.807) is 12.4 Å². The van der Waals surface area contributed by atoms with Crippen LogP contribution in [0.15, 0.2) is 48.8 Å². The van der Waals surface area contributed by atoms with Crippen LogP contribution in [0.1, 0.15) is 18.5 Å². The summed E-state index contributed by atoms with van der Waals surface area (Å²) >= 11 is 0. The highest BCUT2D eigenvalue weighted by molar-refractivity contribution is 5.32. The van der Waals surface area contributed by atoms with Gasteiger partial charge in [0.05, 0.1) is 6.20 Å². The second kappa shape index (κ2) is 4.77. The molecule has 0 bridgehead atoms. The first kappa shape index (κ1) is 10.6. The molecule has 0 aliphatic heterocycles. The van der Waals surface area contributed by atoms with Gasteiger partial charge in [0, 0.05) is 12.2 Å². The van der Waals surface area contributed by atoms with E-state index in [2.05, 4.69) is 4.98 Å². The Balaban J connectivity index is 2.11. The van der Waals surface area contributed by atoms with Crippen LogP contribution >= 0.6 is 0 Å². The summed E-state index contributed by atoms with van der Waals surface area (Å²) in [6.45, 7) is 1.96. The van der Waals surface area contributed by atoms with Gasteiger partial charge in [-0.25, -0.2) is 0 Å². The molecule has 2 aromatic rings. The molecule has 0 saturated carbocycles. The minimum atomic E-state index is 0.0486. The quantitative estimate of drug-likeness (QED) is 0.854. The third-order valence-electron chi connectivity index (χ3n) is 2.28. The number of ether oxygens (including phenoxy) is 1. The van der Waals surface area contributed by atoms with Crippen LogP contribution in [0.4, 0.5) is 0 Å². The molecule has 0 aliphatic rings. The van der Waals surface area contributed by atoms with E-state index in [1.807, 2.05) is 43.3 Å². The van der Waals surface area contributed by atoms with E-state index in [4.69, 9.17) is 10.5 Å². The molecule has 1 aromatic carbocycles. The zero-order valence-corrected chi connectivity index (χ0v) is 9.13. The molecule has 0 aliphatic carbocycles. The Morgan fingerprint density at radius 2 is 1.88 bits per heavy atom. The third-order valence-corrected chi connectivity index (χ3v) is 2.28. The average Bonchev–Trinajstić information content (AvgIpc) is 2.31. The van der Waals surface area contributed by atoms with Crippen LogP contribution in [0.25, 0.3) is 0 Å². The van der Waals surface area contributed by atoms with Gasteiger partial charge < -0.3 is 10.5 Å². The Morgan fingerprint density at radius 3 is 2.44 bits per heavy atom. The molecular formula is C13H14N2O. The lowest BCUT2D eigenvalue weighted by atomic mass is 10.1. The molecule has 16 heavy (non-hydrogen) atoms. The molecule has 0 saturated heterocycles. The fraction of sp³-hybridized carbons (Fsp3) is 0.154. The van der Waals surface area contributed by atoms with Crippen molar-refractivity contribution in [2.45, 2.75) is 13.0 Å². The normalized spacial score (nSPS) is 12.1. The predicted octanol–water partition coefficient (Wildman–Crippen LogP) is 2.89. The summed E-state index contributed by atoms with van der Waals surface area (Å²) in [5, 5.41) is 0. The van der Waals surface area contributed by atoms with E-state index in [1.165, 1.54) is 0 Å². The Kier molecular flexibility index (Phi) is 3.17. The highest BCUT2D eigenvalue weighted by atomic mass is 16.5. The molecule has 1 unspecified atom stereocenters. The summed E-state index contributed by atoms with van der Waals surface area (Å²) in [5.41, 5.74) is 6.86. The minimum absolute atomic E-state index is 0.0486. The Morgan fingerprint density at radius 1 is 1.12 bits per heavy atom. The van der Waals surface area contributed by atoms with E-state index in [9.17, 15) is 0 Å². The number of aromatic nitrogens is 1. The first-order valence-corrected chi connectivity index (χ1v) is 5.19. The second-order valence-corrected chi connectivity index (χ2v) is 3.65. The molecular weight excluding hydrogens is 200 g/mol. The highest BCUT2D eigenvalue weighted by Crippen LogP contribution is 2.21. The summed E-state index contributed by atoms with van der Waals surface area (Å²) in [6.07, 6.45) is 3.39. The molecule has 0 radical (unpaired) electrons. The molecule has 0 spiro atoms. The molecule has 3 nitrogen and oxygen atoms in total. The van der Waals surface area contributed by atoms with Gasteiger partial charge in [0.2, 0.25) is 0 Å². The van der Waals surface area contributed by atoms with Crippen LogP contribution in [-0.2, 0) is 0 Å². The molecule has 1 heterocycles. The van der Waals surface area contributed by atoms with Gasteiger partial charge in [0.1, 0.15) is 11.5 Å². The van der Waals surface area contributed by atoms with Gasteiger partial charge in [0.15, 0.2) is 0 Å². The van der Waals surface area contributed by atoms with E-state index < -0.39 is 0 Å². The van der Waals surface area contributed by atoms with Gasteiger partial charge in [-0.1, -0.05) is 12.1 Å². The fourth-order valence-corrected chi connectivity index (χ4v) is 1.38. The van der Waals surface area contributed by atoms with Gasteiger partial charge >= 0.3 is 0 Å². The largest absolute Gasteiger partial charge is 0.456 e. The zero-order chi connectivity index (χ0) is 11.4. The van der Waals surface area contributed by atoms with Crippen LogP contribution in [0.3, 0.4) is 0 Å². The predicted molar refractivity (Wildman–Crippen MR) is 63.4 cm³/mol. The highest BCUT2D eigenvalue weighted by Gasteiger charge is 2.00. The summed E-state index contributed by atoms with van der Waals surface area (Å²) < 4.78 is 5.61. The van der Waals surface area contributed by atoms with Crippen LogP contribution in [0.2, 0.25) is 0 Å². The molecule has 82 valence electrons. The van der Waals surface area contributed by atoms with Gasteiger partial charge in [-0.15, -0.1) is 0 Å². The van der Waals surface area contributed by atoms with Crippen molar-refractivity contribution in [1.82, 2.24) is 4.98 Å². The molecule has 3 heteroatoms. The van der Waals surface area contributed by atoms with Gasteiger partial charge in [0.25, 0.3) is 0 Å². The van der Waals surface area contributed by atoms with E-state index >= 15 is 0 Å². The molecule has 1 atom stereocenters. The number of rotatable bonds is 3. The SMILES string of the molecule is CC(N)c1ccc(Oc2cccnc2)cc1. The van der Waals surface area contributed by atoms with Crippen molar-refractivity contribution in [1.29, 1.82) is 0 Å². The Hall–Kier alpha value is -1.87. The molecule has 2 rings (SSSR count). The van der Waals surface area contributed by atoms with Crippen molar-refractivity contribution in [2.24, 2.45) is 5.73 Å². The first-order valence-electron chi connectivity index (χ1n) is 5.19. The standard InChI is InChI=1S/C13H14N2O/c1-10(14)11-4-6-12(7-5-11)16-13-3-2-8-15-9-13/h2-10H,14H2,1H3. The molecule has 2 N–H and O–H groups in total. The molecule has 1 aromatic heterocycles. The topological polar surface area (TPSA) is 48.1 Å². The maximum atomic E-state index is 5.77. The Bertz CT molecular complexity index is 437. The number of pyridine rings is 1. The van der Waals surface area contributed by atoms with E-state index in [-0.39, 0.29) is 6.04 Å². The second-order valence-electron chi connectivity index (χ2n) is 3.65. The van der Waals surface area contributed by atoms with Crippen LogP contribution in [0, 0.1) is 0 Å². The van der Waals surface area contributed by atoms with Crippen molar-refractivity contribution >= 4 is 0 Å². The number of benzene rings is 1. The van der Waals surface area contributed by atoms with Gasteiger partial charge in [-0.3, -0.25) is 4.98 Å². The van der Waals surface area contributed by atoms with Gasteiger partial charge in [-0.05, 0) is 36.8 Å². The maximum Gasteiger partial charge on any atom is 0.145 e. The molecule has 0 fully saturated rings. The minimum Gasteiger partial charge on any atom is -0.456 e. The van der Waals surface area contributed by atoms with Crippen molar-refractivity contribution in [3.63, 3.8) is 0 Å². The lowest BCUT2D eigenvalue weighted by Crippen LogP contribution is -2.04. The third kappa shape index (κ3) is 2.58. The lowest BCUT2D eigenvalue weighted by molar-refractivity contribution is 0.480. The monoisotopic (exact) mass is 214 g/mol. The van der Waals surface area contributed by atoms with Crippen molar-refractivity contribution < 1.29 is 4.74 Å². The average molecular weight is 214 g/mol. The number of hydrogen-bond acceptors (Lipinski definition) is 3. The molecule has 0 amide bonds. The van der Waals surface area contributed by atoms with Crippen molar-refractivity contribution in [2.75, 3.05) is 0 Å². The van der Waals surface area contributed by atoms with Gasteiger partial charge in [-0.2, -0.15) is 0 Å². The smallest absolute Gasteiger partial charge is 0.145 e.